The van der Waals surface area contributed by atoms with Crippen LogP contribution in [0, 0.1) is 0 Å². The number of allylic oxidation sites excluding steroid dienone is 2. The minimum absolute atomic E-state index is 0.238. The van der Waals surface area contributed by atoms with Crippen molar-refractivity contribution in [2.24, 2.45) is 5.11 Å². The lowest BCUT2D eigenvalue weighted by Crippen LogP contribution is -2.27. The van der Waals surface area contributed by atoms with Crippen LogP contribution < -0.4 is 5.53 Å². The van der Waals surface area contributed by atoms with Gasteiger partial charge in [-0.05, 0) is 17.7 Å². The van der Waals surface area contributed by atoms with E-state index in [1.165, 1.54) is 25.2 Å². The van der Waals surface area contributed by atoms with Crippen LogP contribution in [0.2, 0.25) is 0 Å². The number of carboxylic acids is 1. The topological polar surface area (TPSA) is 81.2 Å². The quantitative estimate of drug-likeness (QED) is 0.608. The number of carboxylic acid groups (broad SMARTS) is 1. The molecule has 1 radical (unpaired) electrons. The fourth-order valence-corrected chi connectivity index (χ4v) is 0.773. The number of rotatable bonds is 2. The maximum absolute atomic E-state index is 10.4. The summed E-state index contributed by atoms with van der Waals surface area (Å²) in [5.74, 6) is -1.42. The smallest absolute Gasteiger partial charge is 0.371 e. The van der Waals surface area contributed by atoms with E-state index in [1.807, 2.05) is 0 Å². The van der Waals surface area contributed by atoms with Crippen LogP contribution in [0.15, 0.2) is 29.1 Å². The SMILES string of the molecule is CC1(N=[N])C=CC=C(C(=O)O)O1. The lowest BCUT2D eigenvalue weighted by molar-refractivity contribution is -0.139. The Hall–Kier alpha value is -1.65. The molecule has 0 saturated heterocycles. The zero-order valence-corrected chi connectivity index (χ0v) is 6.39. The van der Waals surface area contributed by atoms with Gasteiger partial charge in [0.05, 0.1) is 0 Å². The molecule has 0 aliphatic carbocycles. The van der Waals surface area contributed by atoms with E-state index in [-0.39, 0.29) is 5.76 Å². The van der Waals surface area contributed by atoms with Crippen LogP contribution in [0.4, 0.5) is 0 Å². The zero-order chi connectivity index (χ0) is 9.19. The molecule has 5 heteroatoms. The molecule has 1 aliphatic heterocycles. The van der Waals surface area contributed by atoms with Gasteiger partial charge in [-0.2, -0.15) is 0 Å². The van der Waals surface area contributed by atoms with Crippen molar-refractivity contribution in [3.63, 3.8) is 0 Å². The maximum Gasteiger partial charge on any atom is 0.371 e. The second-order valence-electron chi connectivity index (χ2n) is 2.45. The van der Waals surface area contributed by atoms with E-state index in [1.54, 1.807) is 0 Å². The van der Waals surface area contributed by atoms with E-state index in [0.29, 0.717) is 0 Å². The highest BCUT2D eigenvalue weighted by atomic mass is 16.5. The molecule has 0 amide bonds. The molecule has 12 heavy (non-hydrogen) atoms. The van der Waals surface area contributed by atoms with Gasteiger partial charge in [0, 0.05) is 6.92 Å². The molecule has 0 aromatic carbocycles. The number of nitrogens with zero attached hydrogens (tertiary/aromatic N) is 2. The van der Waals surface area contributed by atoms with Crippen LogP contribution >= 0.6 is 0 Å². The Bertz CT molecular complexity index is 282. The predicted molar refractivity (Wildman–Crippen MR) is 38.9 cm³/mol. The molecule has 1 heterocycles. The van der Waals surface area contributed by atoms with E-state index in [0.717, 1.165) is 0 Å². The second kappa shape index (κ2) is 2.77. The predicted octanol–water partition coefficient (Wildman–Crippen LogP) is 0.510. The van der Waals surface area contributed by atoms with E-state index in [4.69, 9.17) is 15.4 Å². The van der Waals surface area contributed by atoms with Gasteiger partial charge in [-0.1, -0.05) is 6.08 Å². The average Bonchev–Trinajstić information content (AvgIpc) is 2.05. The molecule has 63 valence electrons. The Balaban J connectivity index is 2.87. The van der Waals surface area contributed by atoms with Crippen LogP contribution in [0.3, 0.4) is 0 Å². The summed E-state index contributed by atoms with van der Waals surface area (Å²) >= 11 is 0. The minimum atomic E-state index is -1.28. The van der Waals surface area contributed by atoms with Gasteiger partial charge in [-0.15, -0.1) is 5.11 Å². The molecule has 0 fully saturated rings. The molecule has 0 saturated carbocycles. The van der Waals surface area contributed by atoms with Gasteiger partial charge in [-0.25, -0.2) is 4.79 Å². The Morgan fingerprint density at radius 3 is 3.00 bits per heavy atom. The van der Waals surface area contributed by atoms with Gasteiger partial charge in [0.2, 0.25) is 11.5 Å². The first kappa shape index (κ1) is 8.45. The van der Waals surface area contributed by atoms with Crippen LogP contribution in [0.5, 0.6) is 0 Å². The third-order valence-corrected chi connectivity index (χ3v) is 1.38. The Morgan fingerprint density at radius 1 is 1.83 bits per heavy atom. The highest BCUT2D eigenvalue weighted by Gasteiger charge is 2.28. The van der Waals surface area contributed by atoms with E-state index < -0.39 is 11.7 Å². The van der Waals surface area contributed by atoms with Gasteiger partial charge in [0.25, 0.3) is 0 Å². The van der Waals surface area contributed by atoms with Crippen LogP contribution in [-0.4, -0.2) is 16.8 Å². The number of carbonyl (C=O) groups is 1. The van der Waals surface area contributed by atoms with Crippen molar-refractivity contribution in [3.05, 3.63) is 24.0 Å². The fraction of sp³-hybridized carbons (Fsp3) is 0.286. The standard InChI is InChI=1S/C7H7N2O3/c1-7(9-8)4-2-3-5(12-7)6(10)11/h2-4H,1H3,(H,10,11). The fourth-order valence-electron chi connectivity index (χ4n) is 0.773. The average molecular weight is 167 g/mol. The molecule has 1 aliphatic rings. The first-order chi connectivity index (χ1) is 5.57. The Kier molecular flexibility index (Phi) is 1.95. The zero-order valence-electron chi connectivity index (χ0n) is 6.39. The summed E-state index contributed by atoms with van der Waals surface area (Å²) in [7, 11) is 0. The summed E-state index contributed by atoms with van der Waals surface area (Å²) in [6.07, 6.45) is 4.20. The number of aliphatic carboxylic acids is 1. The molecular weight excluding hydrogens is 160 g/mol. The van der Waals surface area contributed by atoms with E-state index in [2.05, 4.69) is 5.11 Å². The van der Waals surface area contributed by atoms with Crippen molar-refractivity contribution >= 4 is 5.97 Å². The first-order valence-corrected chi connectivity index (χ1v) is 3.25. The van der Waals surface area contributed by atoms with Crippen LogP contribution in [0.1, 0.15) is 6.92 Å². The number of hydrogen-bond donors (Lipinski definition) is 1. The minimum Gasteiger partial charge on any atom is -0.475 e. The molecule has 0 bridgehead atoms. The Morgan fingerprint density at radius 2 is 2.50 bits per heavy atom. The van der Waals surface area contributed by atoms with Gasteiger partial charge >= 0.3 is 5.97 Å². The summed E-state index contributed by atoms with van der Waals surface area (Å²) in [5, 5.41) is 11.4. The van der Waals surface area contributed by atoms with Gasteiger partial charge in [-0.3, -0.25) is 0 Å². The molecular formula is C7H7N2O3. The highest BCUT2D eigenvalue weighted by Crippen LogP contribution is 2.22. The van der Waals surface area contributed by atoms with Crippen molar-refractivity contribution in [3.8, 4) is 0 Å². The summed E-state index contributed by atoms with van der Waals surface area (Å²) in [4.78, 5) is 10.4. The molecule has 1 atom stereocenters. The van der Waals surface area contributed by atoms with Crippen molar-refractivity contribution in [2.45, 2.75) is 12.6 Å². The van der Waals surface area contributed by atoms with E-state index in [9.17, 15) is 4.79 Å². The number of hydrogen-bond acceptors (Lipinski definition) is 3. The molecule has 1 rings (SSSR count). The molecule has 0 aromatic heterocycles. The highest BCUT2D eigenvalue weighted by molar-refractivity contribution is 5.85. The molecule has 5 nitrogen and oxygen atoms in total. The van der Waals surface area contributed by atoms with Crippen molar-refractivity contribution in [1.29, 1.82) is 0 Å². The number of ether oxygens (including phenoxy) is 1. The summed E-state index contributed by atoms with van der Waals surface area (Å²) in [5.41, 5.74) is 7.20. The Labute approximate surface area is 68.8 Å². The van der Waals surface area contributed by atoms with Crippen LogP contribution in [-0.2, 0) is 9.53 Å². The van der Waals surface area contributed by atoms with Crippen molar-refractivity contribution < 1.29 is 14.6 Å². The van der Waals surface area contributed by atoms with Crippen LogP contribution in [0.25, 0.3) is 0 Å². The first-order valence-electron chi connectivity index (χ1n) is 3.25. The lowest BCUT2D eigenvalue weighted by Gasteiger charge is -2.22. The van der Waals surface area contributed by atoms with Gasteiger partial charge in [0.1, 0.15) is 0 Å². The molecule has 1 unspecified atom stereocenters. The third kappa shape index (κ3) is 1.50. The molecule has 1 N–H and O–H groups in total. The normalized spacial score (nSPS) is 27.2. The van der Waals surface area contributed by atoms with Gasteiger partial charge < -0.3 is 9.84 Å². The largest absolute Gasteiger partial charge is 0.475 e. The molecule has 0 aromatic rings. The van der Waals surface area contributed by atoms with Crippen molar-refractivity contribution in [2.75, 3.05) is 0 Å². The third-order valence-electron chi connectivity index (χ3n) is 1.38. The summed E-state index contributed by atoms with van der Waals surface area (Å²) in [6, 6.07) is 0. The van der Waals surface area contributed by atoms with Crippen molar-refractivity contribution in [1.82, 2.24) is 5.53 Å². The second-order valence-corrected chi connectivity index (χ2v) is 2.45. The monoisotopic (exact) mass is 167 g/mol. The molecule has 0 spiro atoms. The van der Waals surface area contributed by atoms with Gasteiger partial charge in [0.15, 0.2) is 0 Å². The maximum atomic E-state index is 10.4. The lowest BCUT2D eigenvalue weighted by atomic mass is 10.2. The summed E-state index contributed by atoms with van der Waals surface area (Å²) < 4.78 is 4.84. The van der Waals surface area contributed by atoms with E-state index >= 15 is 0 Å². The summed E-state index contributed by atoms with van der Waals surface area (Å²) in [6.45, 7) is 1.44.